The zero-order valence-corrected chi connectivity index (χ0v) is 16.6. The van der Waals surface area contributed by atoms with Crippen molar-refractivity contribution in [3.63, 3.8) is 0 Å². The van der Waals surface area contributed by atoms with Gasteiger partial charge in [0, 0.05) is 5.56 Å². The minimum Gasteiger partial charge on any atom is -0.282 e. The minimum atomic E-state index is -4.27. The predicted molar refractivity (Wildman–Crippen MR) is 102 cm³/mol. The molecule has 4 heteroatoms. The van der Waals surface area contributed by atoms with E-state index in [-0.39, 0.29) is 15.7 Å². The maximum atomic E-state index is 11.9. The van der Waals surface area contributed by atoms with Crippen molar-refractivity contribution >= 4 is 10.1 Å². The Morgan fingerprint density at radius 1 is 0.960 bits per heavy atom. The molecule has 0 amide bonds. The maximum Gasteiger partial charge on any atom is 0.295 e. The maximum absolute atomic E-state index is 11.9. The molecule has 0 aliphatic heterocycles. The van der Waals surface area contributed by atoms with Gasteiger partial charge in [0.05, 0.1) is 0 Å². The van der Waals surface area contributed by atoms with Crippen LogP contribution in [0.1, 0.15) is 63.8 Å². The SMILES string of the molecule is CC(C)(C)c1cc2c(c(C(C)(C)C)c1)Cc1cccc(S(=O)(=O)O)c1-2. The van der Waals surface area contributed by atoms with Gasteiger partial charge in [0.1, 0.15) is 4.90 Å². The van der Waals surface area contributed by atoms with E-state index in [1.807, 2.05) is 6.07 Å². The van der Waals surface area contributed by atoms with Crippen molar-refractivity contribution in [2.24, 2.45) is 0 Å². The number of benzene rings is 2. The van der Waals surface area contributed by atoms with Crippen LogP contribution in [0.3, 0.4) is 0 Å². The molecular formula is C21H26O3S. The molecule has 0 spiro atoms. The lowest BCUT2D eigenvalue weighted by Crippen LogP contribution is -2.18. The molecule has 0 atom stereocenters. The van der Waals surface area contributed by atoms with Gasteiger partial charge in [0.25, 0.3) is 10.1 Å². The van der Waals surface area contributed by atoms with Gasteiger partial charge in [-0.05, 0) is 51.1 Å². The summed E-state index contributed by atoms with van der Waals surface area (Å²) in [6, 6.07) is 9.51. The smallest absolute Gasteiger partial charge is 0.282 e. The quantitative estimate of drug-likeness (QED) is 0.616. The summed E-state index contributed by atoms with van der Waals surface area (Å²) in [7, 11) is -4.27. The van der Waals surface area contributed by atoms with Crippen molar-refractivity contribution in [3.8, 4) is 11.1 Å². The molecule has 0 fully saturated rings. The summed E-state index contributed by atoms with van der Waals surface area (Å²) in [4.78, 5) is 0.00895. The molecule has 0 bridgehead atoms. The third kappa shape index (κ3) is 3.13. The summed E-state index contributed by atoms with van der Waals surface area (Å²) in [5.41, 5.74) is 6.06. The van der Waals surface area contributed by atoms with Crippen LogP contribution in [0.2, 0.25) is 0 Å². The fourth-order valence-electron chi connectivity index (χ4n) is 3.62. The van der Waals surface area contributed by atoms with Gasteiger partial charge >= 0.3 is 0 Å². The van der Waals surface area contributed by atoms with Crippen molar-refractivity contribution in [1.29, 1.82) is 0 Å². The Balaban J connectivity index is 2.42. The Hall–Kier alpha value is -1.65. The second kappa shape index (κ2) is 5.42. The highest BCUT2D eigenvalue weighted by Gasteiger charge is 2.32. The summed E-state index contributed by atoms with van der Waals surface area (Å²) in [5.74, 6) is 0. The van der Waals surface area contributed by atoms with Gasteiger partial charge in [0.2, 0.25) is 0 Å². The standard InChI is InChI=1S/C21H26O3S/c1-20(2,3)14-11-16-15(17(12-14)21(4,5)6)10-13-8-7-9-18(19(13)16)25(22,23)24/h7-9,11-12H,10H2,1-6H3,(H,22,23,24). The molecule has 134 valence electrons. The van der Waals surface area contributed by atoms with E-state index in [0.29, 0.717) is 12.0 Å². The number of hydrogen-bond acceptors (Lipinski definition) is 2. The van der Waals surface area contributed by atoms with Gasteiger partial charge in [-0.25, -0.2) is 0 Å². The van der Waals surface area contributed by atoms with Crippen molar-refractivity contribution < 1.29 is 13.0 Å². The first kappa shape index (κ1) is 18.2. The first-order valence-electron chi connectivity index (χ1n) is 8.58. The zero-order chi connectivity index (χ0) is 18.8. The predicted octanol–water partition coefficient (Wildman–Crippen LogP) is 5.10. The number of hydrogen-bond donors (Lipinski definition) is 1. The molecule has 0 unspecified atom stereocenters. The summed E-state index contributed by atoms with van der Waals surface area (Å²) >= 11 is 0. The van der Waals surface area contributed by atoms with Gasteiger partial charge in [0.15, 0.2) is 0 Å². The van der Waals surface area contributed by atoms with E-state index in [0.717, 1.165) is 11.1 Å². The highest BCUT2D eigenvalue weighted by molar-refractivity contribution is 7.86. The Labute approximate surface area is 150 Å². The molecule has 2 aromatic carbocycles. The molecule has 0 saturated heterocycles. The topological polar surface area (TPSA) is 54.4 Å². The minimum absolute atomic E-state index is 0.00895. The molecule has 25 heavy (non-hydrogen) atoms. The van der Waals surface area contributed by atoms with Crippen LogP contribution in [0.15, 0.2) is 35.2 Å². The largest absolute Gasteiger partial charge is 0.295 e. The monoisotopic (exact) mass is 358 g/mol. The van der Waals surface area contributed by atoms with Crippen LogP contribution in [0.4, 0.5) is 0 Å². The zero-order valence-electron chi connectivity index (χ0n) is 15.8. The van der Waals surface area contributed by atoms with E-state index in [9.17, 15) is 13.0 Å². The highest BCUT2D eigenvalue weighted by Crippen LogP contribution is 2.46. The van der Waals surface area contributed by atoms with E-state index in [1.54, 1.807) is 6.07 Å². The van der Waals surface area contributed by atoms with Crippen molar-refractivity contribution in [2.45, 2.75) is 63.7 Å². The Morgan fingerprint density at radius 3 is 2.12 bits per heavy atom. The van der Waals surface area contributed by atoms with Gasteiger partial charge in [-0.3, -0.25) is 4.55 Å². The highest BCUT2D eigenvalue weighted by atomic mass is 32.2. The van der Waals surface area contributed by atoms with E-state index < -0.39 is 10.1 Å². The Bertz CT molecular complexity index is 956. The first-order valence-corrected chi connectivity index (χ1v) is 10.0. The molecule has 3 nitrogen and oxygen atoms in total. The van der Waals surface area contributed by atoms with Crippen LogP contribution < -0.4 is 0 Å². The molecule has 0 aromatic heterocycles. The number of rotatable bonds is 1. The fourth-order valence-corrected chi connectivity index (χ4v) is 4.37. The lowest BCUT2D eigenvalue weighted by molar-refractivity contribution is 0.483. The van der Waals surface area contributed by atoms with Crippen LogP contribution >= 0.6 is 0 Å². The second-order valence-corrected chi connectivity index (χ2v) is 10.4. The summed E-state index contributed by atoms with van der Waals surface area (Å²) in [5, 5.41) is 0. The third-order valence-corrected chi connectivity index (χ3v) is 5.85. The Kier molecular flexibility index (Phi) is 3.94. The third-order valence-electron chi connectivity index (χ3n) is 4.95. The summed E-state index contributed by atoms with van der Waals surface area (Å²) in [6.07, 6.45) is 0.699. The van der Waals surface area contributed by atoms with Crippen LogP contribution in [0, 0.1) is 0 Å². The van der Waals surface area contributed by atoms with E-state index in [4.69, 9.17) is 0 Å². The van der Waals surface area contributed by atoms with Crippen molar-refractivity contribution in [3.05, 3.63) is 52.6 Å². The van der Waals surface area contributed by atoms with Crippen molar-refractivity contribution in [2.75, 3.05) is 0 Å². The molecule has 0 radical (unpaired) electrons. The van der Waals surface area contributed by atoms with E-state index in [2.05, 4.69) is 53.7 Å². The molecule has 2 aromatic rings. The molecule has 3 rings (SSSR count). The lowest BCUT2D eigenvalue weighted by atomic mass is 9.77. The fraction of sp³-hybridized carbons (Fsp3) is 0.429. The molecule has 0 saturated carbocycles. The van der Waals surface area contributed by atoms with E-state index in [1.165, 1.54) is 22.8 Å². The van der Waals surface area contributed by atoms with E-state index >= 15 is 0 Å². The summed E-state index contributed by atoms with van der Waals surface area (Å²) < 4.78 is 33.6. The Morgan fingerprint density at radius 2 is 1.60 bits per heavy atom. The van der Waals surface area contributed by atoms with Crippen LogP contribution in [-0.2, 0) is 27.4 Å². The van der Waals surface area contributed by atoms with Crippen molar-refractivity contribution in [1.82, 2.24) is 0 Å². The molecule has 1 N–H and O–H groups in total. The lowest BCUT2D eigenvalue weighted by Gasteiger charge is -2.28. The van der Waals surface area contributed by atoms with Crippen LogP contribution in [-0.4, -0.2) is 13.0 Å². The van der Waals surface area contributed by atoms with Gasteiger partial charge in [-0.1, -0.05) is 65.8 Å². The number of fused-ring (bicyclic) bond motifs is 3. The average Bonchev–Trinajstić information content (AvgIpc) is 2.81. The van der Waals surface area contributed by atoms with Crippen LogP contribution in [0.25, 0.3) is 11.1 Å². The van der Waals surface area contributed by atoms with Gasteiger partial charge in [-0.15, -0.1) is 0 Å². The normalized spacial score (nSPS) is 14.4. The van der Waals surface area contributed by atoms with Gasteiger partial charge < -0.3 is 0 Å². The molecule has 1 aliphatic rings. The average molecular weight is 359 g/mol. The first-order chi connectivity index (χ1) is 11.3. The molecule has 1 aliphatic carbocycles. The van der Waals surface area contributed by atoms with Crippen LogP contribution in [0.5, 0.6) is 0 Å². The van der Waals surface area contributed by atoms with Gasteiger partial charge in [-0.2, -0.15) is 8.42 Å². The summed E-state index contributed by atoms with van der Waals surface area (Å²) in [6.45, 7) is 13.0. The molecule has 0 heterocycles. The second-order valence-electron chi connectivity index (χ2n) is 8.99. The molecular weight excluding hydrogens is 332 g/mol.